The summed E-state index contributed by atoms with van der Waals surface area (Å²) in [7, 11) is 0. The van der Waals surface area contributed by atoms with Crippen LogP contribution >= 0.6 is 15.9 Å². The number of para-hydroxylation sites is 1. The number of amides is 1. The van der Waals surface area contributed by atoms with Gasteiger partial charge < -0.3 is 5.11 Å². The molecule has 3 aromatic carbocycles. The third kappa shape index (κ3) is 3.44. The lowest BCUT2D eigenvalue weighted by molar-refractivity contribution is -0.132. The highest BCUT2D eigenvalue weighted by Crippen LogP contribution is 2.42. The van der Waals surface area contributed by atoms with Crippen LogP contribution in [0.3, 0.4) is 0 Å². The van der Waals surface area contributed by atoms with Crippen LogP contribution in [0.4, 0.5) is 10.1 Å². The topological polar surface area (TPSA) is 57.6 Å². The lowest BCUT2D eigenvalue weighted by atomic mass is 9.94. The van der Waals surface area contributed by atoms with E-state index in [0.717, 1.165) is 4.47 Å². The van der Waals surface area contributed by atoms with Crippen LogP contribution in [0.15, 0.2) is 82.8 Å². The van der Waals surface area contributed by atoms with E-state index >= 15 is 0 Å². The van der Waals surface area contributed by atoms with Crippen LogP contribution in [0.25, 0.3) is 5.76 Å². The average Bonchev–Trinajstić information content (AvgIpc) is 3.01. The molecule has 0 radical (unpaired) electrons. The van der Waals surface area contributed by atoms with Gasteiger partial charge in [-0.25, -0.2) is 4.39 Å². The number of carbonyl (C=O) groups is 2. The van der Waals surface area contributed by atoms with Gasteiger partial charge in [-0.15, -0.1) is 0 Å². The van der Waals surface area contributed by atoms with Gasteiger partial charge in [-0.2, -0.15) is 0 Å². The van der Waals surface area contributed by atoms with E-state index in [9.17, 15) is 19.1 Å². The molecule has 0 spiro atoms. The summed E-state index contributed by atoms with van der Waals surface area (Å²) >= 11 is 3.39. The second-order valence-corrected chi connectivity index (χ2v) is 7.94. The molecular weight excluding hydrogens is 449 g/mol. The maximum atomic E-state index is 13.7. The van der Waals surface area contributed by atoms with Gasteiger partial charge in [0.05, 0.1) is 11.6 Å². The molecule has 1 N–H and O–H groups in total. The van der Waals surface area contributed by atoms with Crippen LogP contribution in [-0.4, -0.2) is 16.8 Å². The van der Waals surface area contributed by atoms with Crippen molar-refractivity contribution < 1.29 is 19.1 Å². The summed E-state index contributed by atoms with van der Waals surface area (Å²) in [5.41, 5.74) is 1.79. The minimum absolute atomic E-state index is 0.0304. The minimum Gasteiger partial charge on any atom is -0.507 e. The lowest BCUT2D eigenvalue weighted by Gasteiger charge is -2.25. The van der Waals surface area contributed by atoms with Crippen molar-refractivity contribution in [3.05, 3.63) is 105 Å². The Morgan fingerprint density at radius 3 is 2.30 bits per heavy atom. The van der Waals surface area contributed by atoms with Gasteiger partial charge >= 0.3 is 0 Å². The molecule has 1 saturated heterocycles. The number of rotatable bonds is 3. The predicted octanol–water partition coefficient (Wildman–Crippen LogP) is 5.52. The zero-order valence-electron chi connectivity index (χ0n) is 16.0. The molecule has 30 heavy (non-hydrogen) atoms. The molecule has 6 heteroatoms. The number of anilines is 1. The Balaban J connectivity index is 1.95. The first-order chi connectivity index (χ1) is 14.4. The van der Waals surface area contributed by atoms with Crippen molar-refractivity contribution in [2.45, 2.75) is 13.0 Å². The van der Waals surface area contributed by atoms with Crippen LogP contribution in [0, 0.1) is 12.7 Å². The Hall–Kier alpha value is -3.25. The van der Waals surface area contributed by atoms with Gasteiger partial charge in [0.25, 0.3) is 11.7 Å². The number of aryl methyl sites for hydroxylation is 1. The standard InChI is InChI=1S/C24H17BrFNO3/c1-14-13-16(9-12-19(14)26)22(28)20-21(15-7-10-17(25)11-8-15)27(24(30)23(20)29)18-5-3-2-4-6-18/h2-13,21,28H,1H3/b22-20-. The van der Waals surface area contributed by atoms with Crippen molar-refractivity contribution in [2.75, 3.05) is 4.90 Å². The monoisotopic (exact) mass is 465 g/mol. The van der Waals surface area contributed by atoms with Crippen LogP contribution in [0.2, 0.25) is 0 Å². The van der Waals surface area contributed by atoms with E-state index in [1.54, 1.807) is 43.3 Å². The molecule has 1 atom stereocenters. The Morgan fingerprint density at radius 2 is 1.67 bits per heavy atom. The molecule has 0 saturated carbocycles. The normalized spacial score (nSPS) is 18.1. The maximum Gasteiger partial charge on any atom is 0.300 e. The van der Waals surface area contributed by atoms with Gasteiger partial charge in [0.1, 0.15) is 11.6 Å². The van der Waals surface area contributed by atoms with Gasteiger partial charge in [-0.05, 0) is 60.5 Å². The van der Waals surface area contributed by atoms with Gasteiger partial charge in [-0.3, -0.25) is 14.5 Å². The SMILES string of the molecule is Cc1cc(/C(O)=C2/C(=O)C(=O)N(c3ccccc3)C2c2ccc(Br)cc2)ccc1F. The first-order valence-corrected chi connectivity index (χ1v) is 10.1. The molecule has 4 rings (SSSR count). The molecule has 1 aliphatic rings. The first-order valence-electron chi connectivity index (χ1n) is 9.26. The molecule has 1 aliphatic heterocycles. The number of aliphatic hydroxyl groups is 1. The van der Waals surface area contributed by atoms with Gasteiger partial charge in [0, 0.05) is 15.7 Å². The molecule has 0 aliphatic carbocycles. The highest BCUT2D eigenvalue weighted by Gasteiger charge is 2.46. The van der Waals surface area contributed by atoms with Crippen LogP contribution in [0.1, 0.15) is 22.7 Å². The number of hydrogen-bond donors (Lipinski definition) is 1. The van der Waals surface area contributed by atoms with Crippen molar-refractivity contribution >= 4 is 39.1 Å². The van der Waals surface area contributed by atoms with Crippen LogP contribution < -0.4 is 4.90 Å². The molecule has 1 heterocycles. The fourth-order valence-corrected chi connectivity index (χ4v) is 3.86. The fourth-order valence-electron chi connectivity index (χ4n) is 3.60. The molecule has 3 aromatic rings. The number of benzene rings is 3. The molecular formula is C24H17BrFNO3. The summed E-state index contributed by atoms with van der Waals surface area (Å²) in [6, 6.07) is 19.3. The number of ketones is 1. The molecule has 0 bridgehead atoms. The van der Waals surface area contributed by atoms with Gasteiger partial charge in [-0.1, -0.05) is 46.3 Å². The third-order valence-corrected chi connectivity index (χ3v) is 5.62. The first kappa shape index (κ1) is 20.0. The molecule has 1 unspecified atom stereocenters. The zero-order valence-corrected chi connectivity index (χ0v) is 17.6. The Bertz CT molecular complexity index is 1170. The summed E-state index contributed by atoms with van der Waals surface area (Å²) in [6.45, 7) is 1.57. The number of nitrogens with zero attached hydrogens (tertiary/aromatic N) is 1. The number of halogens is 2. The average molecular weight is 466 g/mol. The highest BCUT2D eigenvalue weighted by atomic mass is 79.9. The van der Waals surface area contributed by atoms with E-state index in [-0.39, 0.29) is 16.9 Å². The fraction of sp³-hybridized carbons (Fsp3) is 0.0833. The quantitative estimate of drug-likeness (QED) is 0.314. The predicted molar refractivity (Wildman–Crippen MR) is 117 cm³/mol. The Morgan fingerprint density at radius 1 is 1.00 bits per heavy atom. The van der Waals surface area contributed by atoms with E-state index in [4.69, 9.17) is 0 Å². The second-order valence-electron chi connectivity index (χ2n) is 7.02. The van der Waals surface area contributed by atoms with Gasteiger partial charge in [0.15, 0.2) is 0 Å². The number of carbonyl (C=O) groups excluding carboxylic acids is 2. The minimum atomic E-state index is -0.814. The summed E-state index contributed by atoms with van der Waals surface area (Å²) in [4.78, 5) is 27.4. The smallest absolute Gasteiger partial charge is 0.300 e. The summed E-state index contributed by atoms with van der Waals surface area (Å²) in [6.07, 6.45) is 0. The Kier molecular flexibility index (Phi) is 5.26. The van der Waals surface area contributed by atoms with E-state index in [1.807, 2.05) is 18.2 Å². The van der Waals surface area contributed by atoms with E-state index in [1.165, 1.54) is 23.1 Å². The highest BCUT2D eigenvalue weighted by molar-refractivity contribution is 9.10. The van der Waals surface area contributed by atoms with E-state index in [2.05, 4.69) is 15.9 Å². The zero-order chi connectivity index (χ0) is 21.4. The molecule has 0 aromatic heterocycles. The van der Waals surface area contributed by atoms with Crippen molar-refractivity contribution in [1.82, 2.24) is 0 Å². The molecule has 1 amide bonds. The third-order valence-electron chi connectivity index (χ3n) is 5.10. The van der Waals surface area contributed by atoms with Crippen molar-refractivity contribution in [3.63, 3.8) is 0 Å². The molecule has 4 nitrogen and oxygen atoms in total. The van der Waals surface area contributed by atoms with Gasteiger partial charge in [0.2, 0.25) is 0 Å². The van der Waals surface area contributed by atoms with Crippen molar-refractivity contribution in [2.24, 2.45) is 0 Å². The largest absolute Gasteiger partial charge is 0.507 e. The molecule has 150 valence electrons. The van der Waals surface area contributed by atoms with Crippen LogP contribution in [-0.2, 0) is 9.59 Å². The Labute approximate surface area is 181 Å². The van der Waals surface area contributed by atoms with Crippen molar-refractivity contribution in [1.29, 1.82) is 0 Å². The van der Waals surface area contributed by atoms with E-state index < -0.39 is 23.5 Å². The lowest BCUT2D eigenvalue weighted by Crippen LogP contribution is -2.29. The number of hydrogen-bond acceptors (Lipinski definition) is 3. The van der Waals surface area contributed by atoms with E-state index in [0.29, 0.717) is 16.8 Å². The van der Waals surface area contributed by atoms with Crippen molar-refractivity contribution in [3.8, 4) is 0 Å². The second kappa shape index (κ2) is 7.88. The maximum absolute atomic E-state index is 13.7. The molecule has 1 fully saturated rings. The summed E-state index contributed by atoms with van der Waals surface area (Å²) in [5.74, 6) is -2.26. The number of aliphatic hydroxyl groups excluding tert-OH is 1. The summed E-state index contributed by atoms with van der Waals surface area (Å²) < 4.78 is 14.6. The number of Topliss-reactive ketones (excluding diaryl/α,β-unsaturated/α-hetero) is 1. The summed E-state index contributed by atoms with van der Waals surface area (Å²) in [5, 5.41) is 11.0. The van der Waals surface area contributed by atoms with Crippen LogP contribution in [0.5, 0.6) is 0 Å².